The van der Waals surface area contributed by atoms with Gasteiger partial charge in [0, 0.05) is 11.1 Å². The molecule has 1 amide bonds. The Hall–Kier alpha value is -2.53. The Kier molecular flexibility index (Phi) is 3.92. The molecule has 26 heavy (non-hydrogen) atoms. The molecule has 0 saturated heterocycles. The van der Waals surface area contributed by atoms with E-state index in [-0.39, 0.29) is 5.91 Å². The van der Waals surface area contributed by atoms with E-state index in [0.717, 1.165) is 29.7 Å². The number of nitrogens with zero attached hydrogens (tertiary/aromatic N) is 1. The predicted molar refractivity (Wildman–Crippen MR) is 98.9 cm³/mol. The Morgan fingerprint density at radius 2 is 1.73 bits per heavy atom. The van der Waals surface area contributed by atoms with Crippen LogP contribution in [0.15, 0.2) is 36.4 Å². The molecule has 0 spiro atoms. The SMILES string of the molecule is CCC1(CC)O[C@H]2c3cc(OC)c(OC)cc3C(=O)N2c2ccccc21. The molecule has 5 nitrogen and oxygen atoms in total. The third-order valence-electron chi connectivity index (χ3n) is 5.64. The zero-order valence-electron chi connectivity index (χ0n) is 15.5. The fourth-order valence-electron chi connectivity index (χ4n) is 4.16. The number of para-hydroxylation sites is 1. The van der Waals surface area contributed by atoms with Crippen molar-refractivity contribution in [2.24, 2.45) is 0 Å². The third-order valence-corrected chi connectivity index (χ3v) is 5.64. The summed E-state index contributed by atoms with van der Waals surface area (Å²) in [5.74, 6) is 1.08. The van der Waals surface area contributed by atoms with Crippen molar-refractivity contribution in [3.05, 3.63) is 53.1 Å². The molecule has 5 heteroatoms. The number of benzene rings is 2. The van der Waals surface area contributed by atoms with Gasteiger partial charge in [0.2, 0.25) is 0 Å². The van der Waals surface area contributed by atoms with Gasteiger partial charge in [-0.25, -0.2) is 0 Å². The summed E-state index contributed by atoms with van der Waals surface area (Å²) in [6, 6.07) is 11.7. The fourth-order valence-corrected chi connectivity index (χ4v) is 4.16. The van der Waals surface area contributed by atoms with Crippen molar-refractivity contribution in [2.75, 3.05) is 19.1 Å². The molecule has 0 N–H and O–H groups in total. The molecule has 4 rings (SSSR count). The topological polar surface area (TPSA) is 48.0 Å². The summed E-state index contributed by atoms with van der Waals surface area (Å²) < 4.78 is 17.4. The average molecular weight is 353 g/mol. The van der Waals surface area contributed by atoms with Crippen LogP contribution in [-0.2, 0) is 10.3 Å². The summed E-state index contributed by atoms with van der Waals surface area (Å²) in [5.41, 5.74) is 3.01. The van der Waals surface area contributed by atoms with E-state index < -0.39 is 11.8 Å². The molecule has 0 unspecified atom stereocenters. The van der Waals surface area contributed by atoms with Gasteiger partial charge in [0.15, 0.2) is 17.7 Å². The van der Waals surface area contributed by atoms with Gasteiger partial charge in [0.1, 0.15) is 0 Å². The second-order valence-corrected chi connectivity index (χ2v) is 6.66. The largest absolute Gasteiger partial charge is 0.493 e. The van der Waals surface area contributed by atoms with Crippen molar-refractivity contribution in [3.8, 4) is 11.5 Å². The number of hydrogen-bond acceptors (Lipinski definition) is 4. The molecule has 2 heterocycles. The van der Waals surface area contributed by atoms with Gasteiger partial charge in [0.05, 0.1) is 31.1 Å². The smallest absolute Gasteiger partial charge is 0.261 e. The van der Waals surface area contributed by atoms with E-state index in [1.54, 1.807) is 25.2 Å². The highest BCUT2D eigenvalue weighted by Gasteiger charge is 2.50. The Balaban J connectivity index is 1.94. The van der Waals surface area contributed by atoms with Crippen molar-refractivity contribution in [2.45, 2.75) is 38.5 Å². The molecular formula is C21H23NO4. The fraction of sp³-hybridized carbons (Fsp3) is 0.381. The molecule has 0 bridgehead atoms. The predicted octanol–water partition coefficient (Wildman–Crippen LogP) is 4.41. The van der Waals surface area contributed by atoms with Crippen LogP contribution in [0.25, 0.3) is 0 Å². The van der Waals surface area contributed by atoms with Gasteiger partial charge in [-0.2, -0.15) is 0 Å². The maximum absolute atomic E-state index is 13.2. The number of methoxy groups -OCH3 is 2. The molecule has 2 aliphatic heterocycles. The molecule has 0 saturated carbocycles. The molecule has 0 fully saturated rings. The van der Waals surface area contributed by atoms with Crippen LogP contribution < -0.4 is 14.4 Å². The Morgan fingerprint density at radius 1 is 1.08 bits per heavy atom. The van der Waals surface area contributed by atoms with E-state index in [1.165, 1.54) is 0 Å². The quantitative estimate of drug-likeness (QED) is 0.817. The number of carbonyl (C=O) groups excluding carboxylic acids is 1. The molecule has 1 atom stereocenters. The summed E-state index contributed by atoms with van der Waals surface area (Å²) in [6.45, 7) is 4.25. The van der Waals surface area contributed by atoms with E-state index in [9.17, 15) is 4.79 Å². The first kappa shape index (κ1) is 16.9. The summed E-state index contributed by atoms with van der Waals surface area (Å²) >= 11 is 0. The number of carbonyl (C=O) groups is 1. The molecular weight excluding hydrogens is 330 g/mol. The lowest BCUT2D eigenvalue weighted by atomic mass is 9.85. The van der Waals surface area contributed by atoms with Crippen molar-refractivity contribution in [1.82, 2.24) is 0 Å². The molecule has 0 radical (unpaired) electrons. The van der Waals surface area contributed by atoms with E-state index >= 15 is 0 Å². The monoisotopic (exact) mass is 353 g/mol. The summed E-state index contributed by atoms with van der Waals surface area (Å²) in [7, 11) is 3.17. The van der Waals surface area contributed by atoms with Crippen molar-refractivity contribution < 1.29 is 19.0 Å². The minimum absolute atomic E-state index is 0.0702. The Labute approximate surface area is 153 Å². The number of fused-ring (bicyclic) bond motifs is 5. The second kappa shape index (κ2) is 6.02. The number of amides is 1. The van der Waals surface area contributed by atoms with Crippen molar-refractivity contribution >= 4 is 11.6 Å². The molecule has 2 aliphatic rings. The molecule has 0 aromatic heterocycles. The van der Waals surface area contributed by atoms with Crippen molar-refractivity contribution in [1.29, 1.82) is 0 Å². The van der Waals surface area contributed by atoms with E-state index in [2.05, 4.69) is 19.9 Å². The summed E-state index contributed by atoms with van der Waals surface area (Å²) in [4.78, 5) is 15.0. The van der Waals surface area contributed by atoms with E-state index in [1.807, 2.05) is 24.3 Å². The van der Waals surface area contributed by atoms with Gasteiger partial charge < -0.3 is 14.2 Å². The van der Waals surface area contributed by atoms with E-state index in [4.69, 9.17) is 14.2 Å². The van der Waals surface area contributed by atoms with Crippen LogP contribution in [0.3, 0.4) is 0 Å². The van der Waals surface area contributed by atoms with Crippen LogP contribution in [-0.4, -0.2) is 20.1 Å². The first-order valence-electron chi connectivity index (χ1n) is 8.97. The van der Waals surface area contributed by atoms with Crippen LogP contribution in [0, 0.1) is 0 Å². The van der Waals surface area contributed by atoms with Gasteiger partial charge in [-0.3, -0.25) is 9.69 Å². The van der Waals surface area contributed by atoms with Crippen LogP contribution in [0.5, 0.6) is 11.5 Å². The first-order valence-corrected chi connectivity index (χ1v) is 8.97. The van der Waals surface area contributed by atoms with Crippen LogP contribution in [0.2, 0.25) is 0 Å². The standard InChI is InChI=1S/C21H23NO4/c1-5-21(6-2)15-9-7-8-10-16(15)22-19(23)13-11-17(24-3)18(25-4)12-14(13)20(22)26-21/h7-12,20H,5-6H2,1-4H3/t20-/m0/s1. The maximum Gasteiger partial charge on any atom is 0.261 e. The van der Waals surface area contributed by atoms with Gasteiger partial charge in [-0.15, -0.1) is 0 Å². The molecule has 0 aliphatic carbocycles. The molecule has 136 valence electrons. The highest BCUT2D eigenvalue weighted by molar-refractivity contribution is 6.12. The zero-order valence-corrected chi connectivity index (χ0v) is 15.5. The van der Waals surface area contributed by atoms with Gasteiger partial charge in [0.25, 0.3) is 5.91 Å². The minimum atomic E-state index is -0.452. The molecule has 2 aromatic rings. The van der Waals surface area contributed by atoms with Gasteiger partial charge in [-0.05, 0) is 31.0 Å². The second-order valence-electron chi connectivity index (χ2n) is 6.66. The summed E-state index contributed by atoms with van der Waals surface area (Å²) in [6.07, 6.45) is 1.22. The zero-order chi connectivity index (χ0) is 18.5. The lowest BCUT2D eigenvalue weighted by Crippen LogP contribution is -2.43. The lowest BCUT2D eigenvalue weighted by Gasteiger charge is -2.45. The number of anilines is 1. The summed E-state index contributed by atoms with van der Waals surface area (Å²) in [5, 5.41) is 0. The van der Waals surface area contributed by atoms with Gasteiger partial charge in [-0.1, -0.05) is 32.0 Å². The highest BCUT2D eigenvalue weighted by atomic mass is 16.5. The number of hydrogen-bond donors (Lipinski definition) is 0. The maximum atomic E-state index is 13.2. The van der Waals surface area contributed by atoms with E-state index in [0.29, 0.717) is 17.1 Å². The normalized spacial score (nSPS) is 19.6. The number of rotatable bonds is 4. The minimum Gasteiger partial charge on any atom is -0.493 e. The average Bonchev–Trinajstić information content (AvgIpc) is 2.97. The molecule has 2 aromatic carbocycles. The van der Waals surface area contributed by atoms with Crippen LogP contribution in [0.1, 0.15) is 54.4 Å². The number of ether oxygens (including phenoxy) is 3. The lowest BCUT2D eigenvalue weighted by molar-refractivity contribution is -0.111. The highest BCUT2D eigenvalue weighted by Crippen LogP contribution is 2.53. The Bertz CT molecular complexity index is 872. The van der Waals surface area contributed by atoms with Crippen LogP contribution in [0.4, 0.5) is 5.69 Å². The van der Waals surface area contributed by atoms with Crippen LogP contribution >= 0.6 is 0 Å². The van der Waals surface area contributed by atoms with Crippen molar-refractivity contribution in [3.63, 3.8) is 0 Å². The van der Waals surface area contributed by atoms with Gasteiger partial charge >= 0.3 is 0 Å². The first-order chi connectivity index (χ1) is 12.6. The third kappa shape index (κ3) is 2.10. The Morgan fingerprint density at radius 3 is 2.38 bits per heavy atom.